The Morgan fingerprint density at radius 1 is 1.21 bits per heavy atom. The first kappa shape index (κ1) is 21.0. The van der Waals surface area contributed by atoms with Crippen molar-refractivity contribution < 1.29 is 4.79 Å². The number of para-hydroxylation sites is 1. The Labute approximate surface area is 180 Å². The summed E-state index contributed by atoms with van der Waals surface area (Å²) in [5.74, 6) is 0.0955. The predicted octanol–water partition coefficient (Wildman–Crippen LogP) is 5.82. The number of carbonyl (C=O) groups excluding carboxylic acids is 1. The Hall–Kier alpha value is -2.68. The largest absolute Gasteiger partial charge is 0.353 e. The number of halogens is 1. The second kappa shape index (κ2) is 9.69. The lowest BCUT2D eigenvalue weighted by Crippen LogP contribution is -2.30. The fourth-order valence-electron chi connectivity index (χ4n) is 3.27. The van der Waals surface area contributed by atoms with Gasteiger partial charge in [0.25, 0.3) is 5.91 Å². The Morgan fingerprint density at radius 2 is 1.90 bits per heavy atom. The Bertz CT molecular complexity index is 1010. The van der Waals surface area contributed by atoms with Gasteiger partial charge in [0.1, 0.15) is 0 Å². The standard InChI is InChI=1S/C23H22ClN3OS/c1-3-13-29-23-18(14-25)21(17-11-7-8-12-19(17)24)20(15(2)26-23)22(28)27-16-9-5-4-6-10-16/h4-12,21,26H,3,13H2,1-2H3,(H,27,28)/t21-/m0/s1. The number of anilines is 1. The van der Waals surface area contributed by atoms with E-state index >= 15 is 0 Å². The highest BCUT2D eigenvalue weighted by Gasteiger charge is 2.35. The number of nitrogens with one attached hydrogen (secondary N) is 2. The Kier molecular flexibility index (Phi) is 7.03. The fourth-order valence-corrected chi connectivity index (χ4v) is 4.47. The van der Waals surface area contributed by atoms with Gasteiger partial charge >= 0.3 is 0 Å². The molecule has 1 amide bonds. The molecule has 2 aromatic rings. The van der Waals surface area contributed by atoms with Gasteiger partial charge < -0.3 is 10.6 Å². The van der Waals surface area contributed by atoms with Crippen molar-refractivity contribution in [2.45, 2.75) is 26.2 Å². The van der Waals surface area contributed by atoms with E-state index in [-0.39, 0.29) is 5.91 Å². The van der Waals surface area contributed by atoms with Crippen LogP contribution in [0.15, 0.2) is 76.5 Å². The molecule has 6 heteroatoms. The van der Waals surface area contributed by atoms with Gasteiger partial charge in [0.2, 0.25) is 0 Å². The number of nitriles is 1. The van der Waals surface area contributed by atoms with Gasteiger partial charge in [0.15, 0.2) is 0 Å². The zero-order chi connectivity index (χ0) is 20.8. The van der Waals surface area contributed by atoms with E-state index in [2.05, 4.69) is 23.6 Å². The molecule has 0 saturated carbocycles. The summed E-state index contributed by atoms with van der Waals surface area (Å²) in [6, 6.07) is 19.0. The first-order valence-corrected chi connectivity index (χ1v) is 10.8. The molecule has 1 aliphatic rings. The summed E-state index contributed by atoms with van der Waals surface area (Å²) in [4.78, 5) is 13.3. The van der Waals surface area contributed by atoms with Gasteiger partial charge in [-0.15, -0.1) is 11.8 Å². The molecule has 0 unspecified atom stereocenters. The maximum absolute atomic E-state index is 13.3. The average molecular weight is 424 g/mol. The minimum Gasteiger partial charge on any atom is -0.353 e. The van der Waals surface area contributed by atoms with E-state index in [0.717, 1.165) is 28.5 Å². The summed E-state index contributed by atoms with van der Waals surface area (Å²) in [7, 11) is 0. The highest BCUT2D eigenvalue weighted by molar-refractivity contribution is 8.03. The molecular formula is C23H22ClN3OS. The number of rotatable bonds is 6. The van der Waals surface area contributed by atoms with E-state index in [4.69, 9.17) is 11.6 Å². The van der Waals surface area contributed by atoms with Gasteiger partial charge in [0.05, 0.1) is 22.6 Å². The van der Waals surface area contributed by atoms with Crippen LogP contribution < -0.4 is 10.6 Å². The lowest BCUT2D eigenvalue weighted by atomic mass is 9.82. The summed E-state index contributed by atoms with van der Waals surface area (Å²) >= 11 is 8.09. The molecule has 0 saturated heterocycles. The minimum absolute atomic E-state index is 0.251. The van der Waals surface area contributed by atoms with Crippen LogP contribution in [0.5, 0.6) is 0 Å². The monoisotopic (exact) mass is 423 g/mol. The third-order valence-corrected chi connectivity index (χ3v) is 6.16. The first-order chi connectivity index (χ1) is 14.1. The van der Waals surface area contributed by atoms with E-state index < -0.39 is 5.92 Å². The number of carbonyl (C=O) groups is 1. The average Bonchev–Trinajstić information content (AvgIpc) is 2.72. The zero-order valence-electron chi connectivity index (χ0n) is 16.3. The van der Waals surface area contributed by atoms with E-state index in [0.29, 0.717) is 21.9 Å². The number of dihydropyridines is 1. The van der Waals surface area contributed by atoms with Crippen LogP contribution in [-0.4, -0.2) is 11.7 Å². The van der Waals surface area contributed by atoms with Crippen molar-refractivity contribution in [2.24, 2.45) is 0 Å². The molecule has 1 aliphatic heterocycles. The number of nitrogens with zero attached hydrogens (tertiary/aromatic N) is 1. The van der Waals surface area contributed by atoms with Crippen LogP contribution in [0.1, 0.15) is 31.7 Å². The van der Waals surface area contributed by atoms with Crippen LogP contribution in [0.3, 0.4) is 0 Å². The maximum Gasteiger partial charge on any atom is 0.254 e. The van der Waals surface area contributed by atoms with Gasteiger partial charge in [-0.25, -0.2) is 0 Å². The Morgan fingerprint density at radius 3 is 2.55 bits per heavy atom. The molecule has 0 spiro atoms. The smallest absolute Gasteiger partial charge is 0.254 e. The second-order valence-corrected chi connectivity index (χ2v) is 8.15. The summed E-state index contributed by atoms with van der Waals surface area (Å²) in [6.45, 7) is 3.96. The van der Waals surface area contributed by atoms with E-state index in [1.165, 1.54) is 0 Å². The van der Waals surface area contributed by atoms with Crippen molar-refractivity contribution in [3.63, 3.8) is 0 Å². The van der Waals surface area contributed by atoms with Crippen molar-refractivity contribution >= 4 is 35.0 Å². The lowest BCUT2D eigenvalue weighted by Gasteiger charge is -2.30. The van der Waals surface area contributed by atoms with Crippen molar-refractivity contribution in [3.05, 3.63) is 87.1 Å². The van der Waals surface area contributed by atoms with E-state index in [1.54, 1.807) is 17.8 Å². The third-order valence-electron chi connectivity index (χ3n) is 4.59. The molecule has 1 heterocycles. The van der Waals surface area contributed by atoms with Gasteiger partial charge in [-0.3, -0.25) is 4.79 Å². The molecule has 2 N–H and O–H groups in total. The molecule has 148 valence electrons. The summed E-state index contributed by atoms with van der Waals surface area (Å²) in [6.07, 6.45) is 0.982. The molecule has 2 aromatic carbocycles. The van der Waals surface area contributed by atoms with Crippen LogP contribution in [0.2, 0.25) is 5.02 Å². The van der Waals surface area contributed by atoms with Gasteiger partial charge in [-0.2, -0.15) is 5.26 Å². The van der Waals surface area contributed by atoms with Crippen molar-refractivity contribution in [1.82, 2.24) is 5.32 Å². The van der Waals surface area contributed by atoms with Crippen LogP contribution in [0, 0.1) is 11.3 Å². The maximum atomic E-state index is 13.3. The van der Waals surface area contributed by atoms with E-state index in [9.17, 15) is 10.1 Å². The SMILES string of the molecule is CCCSC1=C(C#N)[C@H](c2ccccc2Cl)C(C(=O)Nc2ccccc2)=C(C)N1. The number of thioether (sulfide) groups is 1. The highest BCUT2D eigenvalue weighted by Crippen LogP contribution is 2.43. The molecule has 0 bridgehead atoms. The molecule has 4 nitrogen and oxygen atoms in total. The molecule has 0 radical (unpaired) electrons. The highest BCUT2D eigenvalue weighted by atomic mass is 35.5. The number of hydrogen-bond acceptors (Lipinski definition) is 4. The van der Waals surface area contributed by atoms with Crippen LogP contribution in [0.4, 0.5) is 5.69 Å². The third kappa shape index (κ3) is 4.67. The predicted molar refractivity (Wildman–Crippen MR) is 120 cm³/mol. The van der Waals surface area contributed by atoms with Crippen molar-refractivity contribution in [1.29, 1.82) is 5.26 Å². The van der Waals surface area contributed by atoms with Crippen LogP contribution >= 0.6 is 23.4 Å². The van der Waals surface area contributed by atoms with Crippen molar-refractivity contribution in [2.75, 3.05) is 11.1 Å². The number of hydrogen-bond donors (Lipinski definition) is 2. The van der Waals surface area contributed by atoms with E-state index in [1.807, 2.05) is 55.5 Å². The fraction of sp³-hybridized carbons (Fsp3) is 0.217. The molecule has 1 atom stereocenters. The summed E-state index contributed by atoms with van der Waals surface area (Å²) < 4.78 is 0. The molecule has 3 rings (SSSR count). The molecule has 29 heavy (non-hydrogen) atoms. The topological polar surface area (TPSA) is 64.9 Å². The molecule has 0 aromatic heterocycles. The second-order valence-electron chi connectivity index (χ2n) is 6.64. The lowest BCUT2D eigenvalue weighted by molar-refractivity contribution is -0.113. The van der Waals surface area contributed by atoms with Crippen LogP contribution in [0.25, 0.3) is 0 Å². The Balaban J connectivity index is 2.09. The van der Waals surface area contributed by atoms with Gasteiger partial charge in [-0.05, 0) is 42.9 Å². The van der Waals surface area contributed by atoms with Gasteiger partial charge in [-0.1, -0.05) is 54.9 Å². The summed E-state index contributed by atoms with van der Waals surface area (Å²) in [5.41, 5.74) is 3.18. The van der Waals surface area contributed by atoms with Gasteiger partial charge in [0, 0.05) is 22.0 Å². The quantitative estimate of drug-likeness (QED) is 0.614. The number of allylic oxidation sites excluding steroid dienone is 2. The first-order valence-electron chi connectivity index (χ1n) is 9.42. The number of amides is 1. The minimum atomic E-state index is -0.530. The van der Waals surface area contributed by atoms with Crippen molar-refractivity contribution in [3.8, 4) is 6.07 Å². The molecule has 0 aliphatic carbocycles. The van der Waals surface area contributed by atoms with Crippen LogP contribution in [-0.2, 0) is 4.79 Å². The normalized spacial score (nSPS) is 16.3. The molecule has 0 fully saturated rings. The molecular weight excluding hydrogens is 402 g/mol. The summed E-state index contributed by atoms with van der Waals surface area (Å²) in [5, 5.41) is 17.5. The number of benzene rings is 2. The zero-order valence-corrected chi connectivity index (χ0v) is 17.9.